The summed E-state index contributed by atoms with van der Waals surface area (Å²) in [5.41, 5.74) is 0.487. The second-order valence-electron chi connectivity index (χ2n) is 5.47. The molecular weight excluding hydrogens is 334 g/mol. The van der Waals surface area contributed by atoms with Gasteiger partial charge in [-0.3, -0.25) is 9.59 Å². The van der Waals surface area contributed by atoms with E-state index in [2.05, 4.69) is 11.9 Å². The van der Waals surface area contributed by atoms with Crippen LogP contribution in [0.25, 0.3) is 22.3 Å². The van der Waals surface area contributed by atoms with Crippen molar-refractivity contribution in [1.82, 2.24) is 5.32 Å². The Morgan fingerprint density at radius 3 is 2.65 bits per heavy atom. The van der Waals surface area contributed by atoms with Gasteiger partial charge < -0.3 is 19.6 Å². The molecule has 0 saturated carbocycles. The molecule has 1 heterocycles. The summed E-state index contributed by atoms with van der Waals surface area (Å²) in [4.78, 5) is 23.3. The summed E-state index contributed by atoms with van der Waals surface area (Å²) in [7, 11) is 0. The molecule has 2 aromatic carbocycles. The molecule has 1 amide bonds. The standard InChI is InChI=1S/C20H17NO5/c1-2-17(22)21-11-12-25-14-9-7-13(8-10-14)20-19(24)18(23)15-5-3-4-6-16(15)26-20/h2-10,24H,1,11-12H2,(H,21,22). The lowest BCUT2D eigenvalue weighted by Crippen LogP contribution is -2.26. The van der Waals surface area contributed by atoms with Gasteiger partial charge in [-0.15, -0.1) is 0 Å². The average molecular weight is 351 g/mol. The number of ether oxygens (including phenoxy) is 1. The van der Waals surface area contributed by atoms with E-state index >= 15 is 0 Å². The highest BCUT2D eigenvalue weighted by molar-refractivity contribution is 5.86. The average Bonchev–Trinajstić information content (AvgIpc) is 2.68. The molecule has 6 nitrogen and oxygen atoms in total. The summed E-state index contributed by atoms with van der Waals surface area (Å²) in [5.74, 6) is 0.0120. The molecule has 1 aromatic heterocycles. The lowest BCUT2D eigenvalue weighted by atomic mass is 10.1. The van der Waals surface area contributed by atoms with Gasteiger partial charge in [0.25, 0.3) is 0 Å². The SMILES string of the molecule is C=CC(=O)NCCOc1ccc(-c2oc3ccccc3c(=O)c2O)cc1. The maximum Gasteiger partial charge on any atom is 0.243 e. The molecule has 26 heavy (non-hydrogen) atoms. The monoisotopic (exact) mass is 351 g/mol. The van der Waals surface area contributed by atoms with E-state index in [1.54, 1.807) is 48.5 Å². The van der Waals surface area contributed by atoms with Crippen molar-refractivity contribution in [2.24, 2.45) is 0 Å². The predicted molar refractivity (Wildman–Crippen MR) is 98.3 cm³/mol. The number of carbonyl (C=O) groups excluding carboxylic acids is 1. The van der Waals surface area contributed by atoms with E-state index < -0.39 is 11.2 Å². The molecule has 0 aliphatic rings. The van der Waals surface area contributed by atoms with Gasteiger partial charge in [0.2, 0.25) is 17.1 Å². The second kappa shape index (κ2) is 7.57. The Morgan fingerprint density at radius 1 is 1.19 bits per heavy atom. The number of benzene rings is 2. The van der Waals surface area contributed by atoms with E-state index in [0.717, 1.165) is 0 Å². The minimum absolute atomic E-state index is 0.110. The summed E-state index contributed by atoms with van der Waals surface area (Å²) < 4.78 is 11.2. The summed E-state index contributed by atoms with van der Waals surface area (Å²) in [6.45, 7) is 4.02. The van der Waals surface area contributed by atoms with Gasteiger partial charge >= 0.3 is 0 Å². The van der Waals surface area contributed by atoms with Crippen LogP contribution in [0.15, 0.2) is 70.4 Å². The highest BCUT2D eigenvalue weighted by atomic mass is 16.5. The van der Waals surface area contributed by atoms with E-state index in [1.165, 1.54) is 6.08 Å². The van der Waals surface area contributed by atoms with Crippen LogP contribution in [0.2, 0.25) is 0 Å². The first-order chi connectivity index (χ1) is 12.6. The number of fused-ring (bicyclic) bond motifs is 1. The normalized spacial score (nSPS) is 10.5. The van der Waals surface area contributed by atoms with Gasteiger partial charge in [-0.05, 0) is 42.5 Å². The molecule has 0 aliphatic carbocycles. The fraction of sp³-hybridized carbons (Fsp3) is 0.100. The Labute approximate surface area is 149 Å². The maximum atomic E-state index is 12.3. The summed E-state index contributed by atoms with van der Waals surface area (Å²) in [6.07, 6.45) is 1.19. The van der Waals surface area contributed by atoms with Crippen molar-refractivity contribution in [1.29, 1.82) is 0 Å². The number of amides is 1. The predicted octanol–water partition coefficient (Wildman–Crippen LogP) is 2.85. The van der Waals surface area contributed by atoms with Gasteiger partial charge in [0.15, 0.2) is 5.76 Å². The number of hydrogen-bond acceptors (Lipinski definition) is 5. The first kappa shape index (κ1) is 17.3. The third-order valence-corrected chi connectivity index (χ3v) is 3.75. The zero-order valence-electron chi connectivity index (χ0n) is 13.9. The fourth-order valence-corrected chi connectivity index (χ4v) is 2.45. The topological polar surface area (TPSA) is 88.8 Å². The molecule has 0 atom stereocenters. The number of aromatic hydroxyl groups is 1. The van der Waals surface area contributed by atoms with Gasteiger partial charge in [0, 0.05) is 5.56 Å². The van der Waals surface area contributed by atoms with Crippen molar-refractivity contribution >= 4 is 16.9 Å². The van der Waals surface area contributed by atoms with E-state index in [1.807, 2.05) is 0 Å². The first-order valence-electron chi connectivity index (χ1n) is 7.98. The van der Waals surface area contributed by atoms with Gasteiger partial charge in [-0.25, -0.2) is 0 Å². The molecular formula is C20H17NO5. The number of nitrogens with one attached hydrogen (secondary N) is 1. The molecule has 2 N–H and O–H groups in total. The Bertz CT molecular complexity index is 1000. The van der Waals surface area contributed by atoms with Crippen LogP contribution in [-0.2, 0) is 4.79 Å². The summed E-state index contributed by atoms with van der Waals surface area (Å²) in [5, 5.41) is 13.1. The van der Waals surface area contributed by atoms with Crippen molar-refractivity contribution in [3.05, 3.63) is 71.4 Å². The van der Waals surface area contributed by atoms with Crippen LogP contribution >= 0.6 is 0 Å². The van der Waals surface area contributed by atoms with Crippen LogP contribution in [0.5, 0.6) is 11.5 Å². The van der Waals surface area contributed by atoms with Gasteiger partial charge in [0.05, 0.1) is 11.9 Å². The van der Waals surface area contributed by atoms with Crippen molar-refractivity contribution < 1.29 is 19.1 Å². The van der Waals surface area contributed by atoms with Crippen LogP contribution in [0, 0.1) is 0 Å². The van der Waals surface area contributed by atoms with Crippen LogP contribution in [0.1, 0.15) is 0 Å². The number of rotatable bonds is 6. The van der Waals surface area contributed by atoms with Crippen LogP contribution in [0.4, 0.5) is 0 Å². The Kier molecular flexibility index (Phi) is 5.03. The molecule has 3 rings (SSSR count). The second-order valence-corrected chi connectivity index (χ2v) is 5.47. The lowest BCUT2D eigenvalue weighted by Gasteiger charge is -2.09. The molecule has 0 fully saturated rings. The molecule has 0 saturated heterocycles. The Hall–Kier alpha value is -3.54. The first-order valence-corrected chi connectivity index (χ1v) is 7.98. The van der Waals surface area contributed by atoms with Crippen molar-refractivity contribution in [3.63, 3.8) is 0 Å². The molecule has 0 bridgehead atoms. The van der Waals surface area contributed by atoms with E-state index in [-0.39, 0.29) is 11.7 Å². The fourth-order valence-electron chi connectivity index (χ4n) is 2.45. The third kappa shape index (κ3) is 3.59. The highest BCUT2D eigenvalue weighted by Crippen LogP contribution is 2.30. The third-order valence-electron chi connectivity index (χ3n) is 3.75. The van der Waals surface area contributed by atoms with Crippen molar-refractivity contribution in [2.75, 3.05) is 13.2 Å². The van der Waals surface area contributed by atoms with E-state index in [4.69, 9.17) is 9.15 Å². The van der Waals surface area contributed by atoms with Gasteiger partial charge in [-0.2, -0.15) is 0 Å². The Morgan fingerprint density at radius 2 is 1.92 bits per heavy atom. The molecule has 0 radical (unpaired) electrons. The molecule has 6 heteroatoms. The van der Waals surface area contributed by atoms with Gasteiger partial charge in [-0.1, -0.05) is 18.7 Å². The minimum atomic E-state index is -0.472. The molecule has 0 spiro atoms. The van der Waals surface area contributed by atoms with E-state index in [9.17, 15) is 14.7 Å². The summed E-state index contributed by atoms with van der Waals surface area (Å²) >= 11 is 0. The molecule has 0 aliphatic heterocycles. The number of para-hydroxylation sites is 1. The molecule has 132 valence electrons. The highest BCUT2D eigenvalue weighted by Gasteiger charge is 2.14. The smallest absolute Gasteiger partial charge is 0.243 e. The van der Waals surface area contributed by atoms with Crippen LogP contribution in [0.3, 0.4) is 0 Å². The Balaban J connectivity index is 1.77. The van der Waals surface area contributed by atoms with Crippen LogP contribution in [-0.4, -0.2) is 24.2 Å². The minimum Gasteiger partial charge on any atom is -0.502 e. The lowest BCUT2D eigenvalue weighted by molar-refractivity contribution is -0.116. The zero-order chi connectivity index (χ0) is 18.5. The van der Waals surface area contributed by atoms with Gasteiger partial charge in [0.1, 0.15) is 17.9 Å². The van der Waals surface area contributed by atoms with Crippen molar-refractivity contribution in [3.8, 4) is 22.8 Å². The quantitative estimate of drug-likeness (QED) is 0.527. The largest absolute Gasteiger partial charge is 0.502 e. The van der Waals surface area contributed by atoms with Crippen LogP contribution < -0.4 is 15.5 Å². The maximum absolute atomic E-state index is 12.3. The molecule has 3 aromatic rings. The summed E-state index contributed by atoms with van der Waals surface area (Å²) in [6, 6.07) is 13.5. The van der Waals surface area contributed by atoms with Crippen molar-refractivity contribution in [2.45, 2.75) is 0 Å². The van der Waals surface area contributed by atoms with E-state index in [0.29, 0.717) is 35.4 Å². The number of hydrogen-bond donors (Lipinski definition) is 2. The number of carbonyl (C=O) groups is 1. The zero-order valence-corrected chi connectivity index (χ0v) is 13.9. The molecule has 0 unspecified atom stereocenters.